The van der Waals surface area contributed by atoms with E-state index in [1.807, 2.05) is 11.8 Å². The lowest BCUT2D eigenvalue weighted by Crippen LogP contribution is -2.33. The van der Waals surface area contributed by atoms with Gasteiger partial charge < -0.3 is 10.8 Å². The predicted octanol–water partition coefficient (Wildman–Crippen LogP) is -0.641. The number of aliphatic hydroxyl groups is 1. The fourth-order valence-electron chi connectivity index (χ4n) is 1.19. The number of rotatable bonds is 1. The summed E-state index contributed by atoms with van der Waals surface area (Å²) in [5.74, 6) is 0. The molecule has 0 amide bonds. The zero-order chi connectivity index (χ0) is 6.91. The van der Waals surface area contributed by atoms with Gasteiger partial charge in [-0.1, -0.05) is 0 Å². The lowest BCUT2D eigenvalue weighted by atomic mass is 10.1. The van der Waals surface area contributed by atoms with Gasteiger partial charge in [0.1, 0.15) is 0 Å². The largest absolute Gasteiger partial charge is 0.389 e. The summed E-state index contributed by atoms with van der Waals surface area (Å²) in [5.41, 5.74) is 4.88. The van der Waals surface area contributed by atoms with Crippen molar-refractivity contribution in [1.29, 1.82) is 0 Å². The van der Waals surface area contributed by atoms with Gasteiger partial charge in [-0.05, 0) is 13.3 Å². The summed E-state index contributed by atoms with van der Waals surface area (Å²) in [6.45, 7) is 4.08. The Labute approximate surface area is 55.5 Å². The minimum atomic E-state index is -0.487. The molecule has 0 bridgehead atoms. The predicted molar refractivity (Wildman–Crippen MR) is 35.9 cm³/mol. The van der Waals surface area contributed by atoms with Crippen LogP contribution in [0.25, 0.3) is 0 Å². The van der Waals surface area contributed by atoms with E-state index in [0.29, 0.717) is 6.67 Å². The van der Waals surface area contributed by atoms with Crippen molar-refractivity contribution >= 4 is 0 Å². The van der Waals surface area contributed by atoms with Gasteiger partial charge in [0, 0.05) is 19.8 Å². The Hall–Kier alpha value is -0.120. The van der Waals surface area contributed by atoms with E-state index in [2.05, 4.69) is 0 Å². The second kappa shape index (κ2) is 2.25. The van der Waals surface area contributed by atoms with E-state index in [9.17, 15) is 5.11 Å². The molecule has 1 aliphatic heterocycles. The van der Waals surface area contributed by atoms with Crippen LogP contribution in [0.2, 0.25) is 0 Å². The Kier molecular flexibility index (Phi) is 1.75. The fourth-order valence-corrected chi connectivity index (χ4v) is 1.19. The summed E-state index contributed by atoms with van der Waals surface area (Å²) in [6.07, 6.45) is 0.851. The molecule has 9 heavy (non-hydrogen) atoms. The highest BCUT2D eigenvalue weighted by molar-refractivity contribution is 4.84. The molecule has 1 fully saturated rings. The monoisotopic (exact) mass is 130 g/mol. The van der Waals surface area contributed by atoms with Gasteiger partial charge in [-0.2, -0.15) is 0 Å². The van der Waals surface area contributed by atoms with E-state index in [1.165, 1.54) is 0 Å². The number of β-amino-alcohol motifs (C(OH)–C–C–N with tert-alkyl or cyclic N) is 1. The number of nitrogens with zero attached hydrogens (tertiary/aromatic N) is 1. The van der Waals surface area contributed by atoms with Crippen LogP contribution in [-0.2, 0) is 0 Å². The summed E-state index contributed by atoms with van der Waals surface area (Å²) in [4.78, 5) is 2.04. The highest BCUT2D eigenvalue weighted by atomic mass is 16.3. The molecule has 3 N–H and O–H groups in total. The van der Waals surface area contributed by atoms with Crippen molar-refractivity contribution in [2.75, 3.05) is 19.8 Å². The van der Waals surface area contributed by atoms with Crippen molar-refractivity contribution in [3.05, 3.63) is 0 Å². The third kappa shape index (κ3) is 1.64. The average molecular weight is 130 g/mol. The molecule has 0 saturated carbocycles. The Bertz CT molecular complexity index is 103. The molecule has 0 radical (unpaired) electrons. The molecule has 0 aromatic heterocycles. The van der Waals surface area contributed by atoms with Crippen molar-refractivity contribution in [2.24, 2.45) is 5.73 Å². The average Bonchev–Trinajstić information content (AvgIpc) is 2.10. The van der Waals surface area contributed by atoms with Crippen molar-refractivity contribution in [1.82, 2.24) is 4.90 Å². The first kappa shape index (κ1) is 6.99. The second-order valence-electron chi connectivity index (χ2n) is 2.98. The maximum Gasteiger partial charge on any atom is 0.0758 e. The van der Waals surface area contributed by atoms with Crippen LogP contribution in [0, 0.1) is 0 Å². The molecule has 1 aliphatic rings. The summed E-state index contributed by atoms with van der Waals surface area (Å²) in [5, 5.41) is 9.40. The molecular weight excluding hydrogens is 116 g/mol. The van der Waals surface area contributed by atoms with Crippen LogP contribution < -0.4 is 5.73 Å². The molecule has 0 aliphatic carbocycles. The Morgan fingerprint density at radius 2 is 2.44 bits per heavy atom. The first-order valence-electron chi connectivity index (χ1n) is 3.29. The van der Waals surface area contributed by atoms with Gasteiger partial charge in [0.25, 0.3) is 0 Å². The van der Waals surface area contributed by atoms with Gasteiger partial charge in [0.15, 0.2) is 0 Å². The first-order valence-corrected chi connectivity index (χ1v) is 3.29. The quantitative estimate of drug-likeness (QED) is 0.496. The Morgan fingerprint density at radius 3 is 2.67 bits per heavy atom. The summed E-state index contributed by atoms with van der Waals surface area (Å²) in [6, 6.07) is 0. The van der Waals surface area contributed by atoms with E-state index in [1.54, 1.807) is 0 Å². The minimum Gasteiger partial charge on any atom is -0.389 e. The van der Waals surface area contributed by atoms with Crippen LogP contribution in [0.5, 0.6) is 0 Å². The lowest BCUT2D eigenvalue weighted by Gasteiger charge is -2.16. The van der Waals surface area contributed by atoms with Crippen molar-refractivity contribution in [2.45, 2.75) is 18.9 Å². The minimum absolute atomic E-state index is 0.487. The van der Waals surface area contributed by atoms with Gasteiger partial charge in [0.2, 0.25) is 0 Å². The van der Waals surface area contributed by atoms with Crippen LogP contribution in [-0.4, -0.2) is 35.4 Å². The topological polar surface area (TPSA) is 49.5 Å². The molecule has 54 valence electrons. The Morgan fingerprint density at radius 1 is 1.78 bits per heavy atom. The van der Waals surface area contributed by atoms with E-state index in [4.69, 9.17) is 5.73 Å². The number of hydrogen-bond acceptors (Lipinski definition) is 3. The van der Waals surface area contributed by atoms with Crippen LogP contribution in [0.1, 0.15) is 13.3 Å². The van der Waals surface area contributed by atoms with Crippen molar-refractivity contribution < 1.29 is 5.11 Å². The molecule has 1 rings (SSSR count). The molecule has 0 aromatic rings. The highest BCUT2D eigenvalue weighted by Gasteiger charge is 2.29. The SMILES string of the molecule is CC1(O)CCN(CN)C1. The second-order valence-corrected chi connectivity index (χ2v) is 2.98. The molecule has 3 heteroatoms. The third-order valence-corrected chi connectivity index (χ3v) is 1.79. The Balaban J connectivity index is 2.38. The van der Waals surface area contributed by atoms with E-state index < -0.39 is 5.60 Å². The molecule has 0 spiro atoms. The molecule has 1 unspecified atom stereocenters. The summed E-state index contributed by atoms with van der Waals surface area (Å²) in [7, 11) is 0. The maximum atomic E-state index is 9.40. The van der Waals surface area contributed by atoms with Gasteiger partial charge in [-0.3, -0.25) is 4.90 Å². The summed E-state index contributed by atoms with van der Waals surface area (Å²) < 4.78 is 0. The van der Waals surface area contributed by atoms with E-state index in [-0.39, 0.29) is 0 Å². The number of nitrogens with two attached hydrogens (primary N) is 1. The molecule has 1 saturated heterocycles. The summed E-state index contributed by atoms with van der Waals surface area (Å²) >= 11 is 0. The van der Waals surface area contributed by atoms with Crippen LogP contribution >= 0.6 is 0 Å². The fraction of sp³-hybridized carbons (Fsp3) is 1.00. The van der Waals surface area contributed by atoms with Crippen molar-refractivity contribution in [3.8, 4) is 0 Å². The smallest absolute Gasteiger partial charge is 0.0758 e. The van der Waals surface area contributed by atoms with Gasteiger partial charge in [0.05, 0.1) is 5.60 Å². The molecular formula is C6H14N2O. The van der Waals surface area contributed by atoms with E-state index >= 15 is 0 Å². The number of hydrogen-bond donors (Lipinski definition) is 2. The number of likely N-dealkylation sites (tertiary alicyclic amines) is 1. The van der Waals surface area contributed by atoms with Crippen LogP contribution in [0.4, 0.5) is 0 Å². The maximum absolute atomic E-state index is 9.40. The lowest BCUT2D eigenvalue weighted by molar-refractivity contribution is 0.0691. The van der Waals surface area contributed by atoms with Gasteiger partial charge in [-0.25, -0.2) is 0 Å². The molecule has 1 atom stereocenters. The molecule has 0 aromatic carbocycles. The zero-order valence-electron chi connectivity index (χ0n) is 5.80. The van der Waals surface area contributed by atoms with Gasteiger partial charge >= 0.3 is 0 Å². The standard InChI is InChI=1S/C6H14N2O/c1-6(9)2-3-8(4-6)5-7/h9H,2-5,7H2,1H3. The van der Waals surface area contributed by atoms with Gasteiger partial charge in [-0.15, -0.1) is 0 Å². The first-order chi connectivity index (χ1) is 4.14. The molecule has 3 nitrogen and oxygen atoms in total. The van der Waals surface area contributed by atoms with Crippen LogP contribution in [0.3, 0.4) is 0 Å². The van der Waals surface area contributed by atoms with Crippen LogP contribution in [0.15, 0.2) is 0 Å². The van der Waals surface area contributed by atoms with E-state index in [0.717, 1.165) is 19.5 Å². The van der Waals surface area contributed by atoms with Crippen molar-refractivity contribution in [3.63, 3.8) is 0 Å². The molecule has 1 heterocycles. The zero-order valence-corrected chi connectivity index (χ0v) is 5.80. The normalized spacial score (nSPS) is 37.7. The highest BCUT2D eigenvalue weighted by Crippen LogP contribution is 2.18. The third-order valence-electron chi connectivity index (χ3n) is 1.79.